The van der Waals surface area contributed by atoms with Gasteiger partial charge in [0.2, 0.25) is 0 Å². The van der Waals surface area contributed by atoms with Crippen molar-refractivity contribution in [1.82, 2.24) is 4.90 Å². The number of hydrogen-bond acceptors (Lipinski definition) is 5. The minimum Gasteiger partial charge on any atom is -0.467 e. The van der Waals surface area contributed by atoms with Crippen LogP contribution in [-0.2, 0) is 27.3 Å². The van der Waals surface area contributed by atoms with E-state index >= 15 is 0 Å². The third-order valence-electron chi connectivity index (χ3n) is 5.29. The Morgan fingerprint density at radius 3 is 2.74 bits per heavy atom. The van der Waals surface area contributed by atoms with Gasteiger partial charge in [0.1, 0.15) is 12.6 Å². The Kier molecular flexibility index (Phi) is 4.58. The van der Waals surface area contributed by atoms with Crippen molar-refractivity contribution >= 4 is 12.1 Å². The molecule has 4 rings (SSSR count). The lowest BCUT2D eigenvalue weighted by atomic mass is 10.0. The number of nitrogens with zero attached hydrogens (tertiary/aromatic N) is 1. The number of methoxy groups -OCH3 is 1. The van der Waals surface area contributed by atoms with Crippen LogP contribution >= 0.6 is 0 Å². The minimum atomic E-state index is -0.803. The summed E-state index contributed by atoms with van der Waals surface area (Å²) in [5.74, 6) is -0.542. The van der Waals surface area contributed by atoms with Crippen molar-refractivity contribution < 1.29 is 24.2 Å². The highest BCUT2D eigenvalue weighted by Gasteiger charge is 2.40. The molecule has 1 amide bonds. The van der Waals surface area contributed by atoms with Gasteiger partial charge in [-0.05, 0) is 34.2 Å². The van der Waals surface area contributed by atoms with E-state index in [1.165, 1.54) is 28.7 Å². The number of likely N-dealkylation sites (tertiary alicyclic amines) is 1. The van der Waals surface area contributed by atoms with E-state index in [0.717, 1.165) is 17.5 Å². The molecule has 0 spiro atoms. The highest BCUT2D eigenvalue weighted by Crippen LogP contribution is 2.38. The van der Waals surface area contributed by atoms with Crippen LogP contribution in [0.25, 0.3) is 11.1 Å². The number of fused-ring (bicyclic) bond motifs is 3. The summed E-state index contributed by atoms with van der Waals surface area (Å²) < 4.78 is 10.2. The van der Waals surface area contributed by atoms with Crippen LogP contribution in [0.1, 0.15) is 23.1 Å². The van der Waals surface area contributed by atoms with Gasteiger partial charge in [0.15, 0.2) is 0 Å². The van der Waals surface area contributed by atoms with Crippen LogP contribution in [0.2, 0.25) is 0 Å². The summed E-state index contributed by atoms with van der Waals surface area (Å²) in [5.41, 5.74) is 5.76. The van der Waals surface area contributed by atoms with Crippen LogP contribution in [0.5, 0.6) is 0 Å². The van der Waals surface area contributed by atoms with E-state index in [-0.39, 0.29) is 19.6 Å². The van der Waals surface area contributed by atoms with E-state index in [0.29, 0.717) is 0 Å². The number of β-amino-alcohol motifs (C(OH)–C–C–N with tert-alkyl or cyclic N) is 1. The molecule has 1 fully saturated rings. The van der Waals surface area contributed by atoms with Crippen LogP contribution in [0, 0.1) is 0 Å². The van der Waals surface area contributed by atoms with Gasteiger partial charge < -0.3 is 14.6 Å². The molecule has 2 aromatic carbocycles. The monoisotopic (exact) mass is 367 g/mol. The first kappa shape index (κ1) is 17.5. The summed E-state index contributed by atoms with van der Waals surface area (Å²) in [6.45, 7) is 0.188. The Labute approximate surface area is 157 Å². The molecule has 6 heteroatoms. The normalized spacial score (nSPS) is 20.1. The second kappa shape index (κ2) is 7.04. The predicted molar refractivity (Wildman–Crippen MR) is 98.0 cm³/mol. The molecule has 0 saturated carbocycles. The molecule has 2 aromatic rings. The first-order valence-electron chi connectivity index (χ1n) is 8.97. The molecule has 0 aromatic heterocycles. The molecule has 2 aliphatic rings. The maximum atomic E-state index is 12.5. The number of aliphatic hydroxyl groups excluding tert-OH is 1. The quantitative estimate of drug-likeness (QED) is 0.720. The summed E-state index contributed by atoms with van der Waals surface area (Å²) in [6, 6.07) is 13.4. The number of carbonyl (C=O) groups excluding carboxylic acids is 2. The summed E-state index contributed by atoms with van der Waals surface area (Å²) in [5, 5.41) is 9.82. The summed E-state index contributed by atoms with van der Waals surface area (Å²) in [4.78, 5) is 25.6. The summed E-state index contributed by atoms with van der Waals surface area (Å²) in [6.07, 6.45) is -0.392. The number of rotatable bonds is 3. The molecule has 27 heavy (non-hydrogen) atoms. The number of benzene rings is 2. The molecule has 0 bridgehead atoms. The van der Waals surface area contributed by atoms with Crippen LogP contribution in [-0.4, -0.2) is 47.9 Å². The Balaban J connectivity index is 1.49. The molecule has 140 valence electrons. The van der Waals surface area contributed by atoms with Gasteiger partial charge >= 0.3 is 12.1 Å². The van der Waals surface area contributed by atoms with Gasteiger partial charge in [-0.1, -0.05) is 42.5 Å². The molecule has 1 heterocycles. The fourth-order valence-electron chi connectivity index (χ4n) is 3.96. The predicted octanol–water partition coefficient (Wildman–Crippen LogP) is 2.50. The van der Waals surface area contributed by atoms with Gasteiger partial charge in [0, 0.05) is 6.42 Å². The second-order valence-corrected chi connectivity index (χ2v) is 6.91. The zero-order chi connectivity index (χ0) is 19.0. The van der Waals surface area contributed by atoms with E-state index in [4.69, 9.17) is 9.47 Å². The van der Waals surface area contributed by atoms with Gasteiger partial charge in [0.25, 0.3) is 0 Å². The van der Waals surface area contributed by atoms with E-state index in [1.807, 2.05) is 24.3 Å². The van der Waals surface area contributed by atoms with Crippen molar-refractivity contribution in [1.29, 1.82) is 0 Å². The molecule has 6 nitrogen and oxygen atoms in total. The zero-order valence-corrected chi connectivity index (χ0v) is 15.1. The number of ether oxygens (including phenoxy) is 2. The molecular weight excluding hydrogens is 346 g/mol. The first-order chi connectivity index (χ1) is 13.1. The van der Waals surface area contributed by atoms with Crippen molar-refractivity contribution in [3.63, 3.8) is 0 Å². The smallest absolute Gasteiger partial charge is 0.410 e. The van der Waals surface area contributed by atoms with Crippen molar-refractivity contribution in [3.05, 3.63) is 59.2 Å². The van der Waals surface area contributed by atoms with Crippen molar-refractivity contribution in [2.75, 3.05) is 13.7 Å². The van der Waals surface area contributed by atoms with Crippen molar-refractivity contribution in [2.45, 2.75) is 31.6 Å². The second-order valence-electron chi connectivity index (χ2n) is 6.91. The molecule has 1 unspecified atom stereocenters. The van der Waals surface area contributed by atoms with Gasteiger partial charge in [-0.3, -0.25) is 4.90 Å². The molecule has 1 N–H and O–H groups in total. The number of amides is 1. The third-order valence-corrected chi connectivity index (χ3v) is 5.29. The van der Waals surface area contributed by atoms with E-state index in [9.17, 15) is 14.7 Å². The summed E-state index contributed by atoms with van der Waals surface area (Å²) >= 11 is 0. The Morgan fingerprint density at radius 1 is 1.15 bits per heavy atom. The topological polar surface area (TPSA) is 76.1 Å². The number of esters is 1. The maximum Gasteiger partial charge on any atom is 0.410 e. The average molecular weight is 367 g/mol. The van der Waals surface area contributed by atoms with E-state index in [1.54, 1.807) is 0 Å². The molecule has 1 saturated heterocycles. The number of hydrogen-bond donors (Lipinski definition) is 1. The van der Waals surface area contributed by atoms with Gasteiger partial charge in [-0.15, -0.1) is 0 Å². The fraction of sp³-hybridized carbons (Fsp3) is 0.333. The lowest BCUT2D eigenvalue weighted by Gasteiger charge is -2.22. The van der Waals surface area contributed by atoms with Crippen molar-refractivity contribution in [3.8, 4) is 11.1 Å². The van der Waals surface area contributed by atoms with E-state index < -0.39 is 24.2 Å². The van der Waals surface area contributed by atoms with Crippen LogP contribution in [0.4, 0.5) is 4.79 Å². The van der Waals surface area contributed by atoms with Crippen LogP contribution in [0.15, 0.2) is 42.5 Å². The SMILES string of the molecule is COC(=O)[C@@H]1CC(O)CN1C(=O)OCc1cccc2c1Cc1ccccc1-2. The Bertz CT molecular complexity index is 894. The van der Waals surface area contributed by atoms with Crippen molar-refractivity contribution in [2.24, 2.45) is 0 Å². The largest absolute Gasteiger partial charge is 0.467 e. The Morgan fingerprint density at radius 2 is 1.93 bits per heavy atom. The standard InChI is InChI=1S/C21H21NO5/c1-26-20(24)19-10-15(23)11-22(19)21(25)27-12-14-6-4-8-17-16-7-3-2-5-13(16)9-18(14)17/h2-8,15,19,23H,9-12H2,1H3/t15?,19-/m0/s1. The molecular formula is C21H21NO5. The van der Waals surface area contributed by atoms with Gasteiger partial charge in [0.05, 0.1) is 19.8 Å². The third kappa shape index (κ3) is 3.17. The highest BCUT2D eigenvalue weighted by atomic mass is 16.6. The first-order valence-corrected chi connectivity index (χ1v) is 8.97. The molecule has 2 atom stereocenters. The molecule has 0 radical (unpaired) electrons. The lowest BCUT2D eigenvalue weighted by Crippen LogP contribution is -2.41. The molecule has 1 aliphatic heterocycles. The fourth-order valence-corrected chi connectivity index (χ4v) is 3.96. The lowest BCUT2D eigenvalue weighted by molar-refractivity contribution is -0.145. The van der Waals surface area contributed by atoms with E-state index in [2.05, 4.69) is 18.2 Å². The summed E-state index contributed by atoms with van der Waals surface area (Å²) in [7, 11) is 1.27. The zero-order valence-electron chi connectivity index (χ0n) is 15.1. The maximum absolute atomic E-state index is 12.5. The number of carbonyl (C=O) groups is 2. The number of aliphatic hydroxyl groups is 1. The van der Waals surface area contributed by atoms with Crippen LogP contribution in [0.3, 0.4) is 0 Å². The average Bonchev–Trinajstić information content (AvgIpc) is 3.26. The minimum absolute atomic E-state index is 0.0664. The van der Waals surface area contributed by atoms with Crippen LogP contribution < -0.4 is 0 Å². The van der Waals surface area contributed by atoms with Gasteiger partial charge in [-0.2, -0.15) is 0 Å². The molecule has 1 aliphatic carbocycles. The van der Waals surface area contributed by atoms with Gasteiger partial charge in [-0.25, -0.2) is 9.59 Å². The Hall–Kier alpha value is -2.86. The highest BCUT2D eigenvalue weighted by molar-refractivity contribution is 5.82.